The number of carbonyl (C=O) groups excluding carboxylic acids is 1. The van der Waals surface area contributed by atoms with Crippen molar-refractivity contribution < 1.29 is 56.8 Å². The van der Waals surface area contributed by atoms with Crippen molar-refractivity contribution in [2.45, 2.75) is 5.25 Å². The zero-order chi connectivity index (χ0) is 13.9. The average molecular weight is 296 g/mol. The number of carbonyl (C=O) groups is 1. The Morgan fingerprint density at radius 1 is 1.26 bits per heavy atom. The number of rotatable bonds is 5. The van der Waals surface area contributed by atoms with Crippen LogP contribution < -0.4 is 44.8 Å². The molecule has 1 rings (SSSR count). The first kappa shape index (κ1) is 18.2. The van der Waals surface area contributed by atoms with E-state index in [1.54, 1.807) is 0 Å². The minimum atomic E-state index is -4.95. The zero-order valence-electron chi connectivity index (χ0n) is 10.7. The largest absolute Gasteiger partial charge is 1.00 e. The van der Waals surface area contributed by atoms with Gasteiger partial charge in [-0.2, -0.15) is 0 Å². The Kier molecular flexibility index (Phi) is 6.81. The van der Waals surface area contributed by atoms with Crippen molar-refractivity contribution in [2.75, 3.05) is 14.2 Å². The van der Waals surface area contributed by atoms with Crippen LogP contribution in [0.2, 0.25) is 0 Å². The number of methoxy groups -OCH3 is 2. The summed E-state index contributed by atoms with van der Waals surface area (Å²) in [4.78, 5) is 11.0. The van der Waals surface area contributed by atoms with Crippen LogP contribution in [-0.2, 0) is 14.9 Å². The van der Waals surface area contributed by atoms with Gasteiger partial charge >= 0.3 is 29.6 Å². The average Bonchev–Trinajstić information content (AvgIpc) is 2.26. The fourth-order valence-electron chi connectivity index (χ4n) is 1.47. The summed E-state index contributed by atoms with van der Waals surface area (Å²) in [7, 11) is -2.24. The van der Waals surface area contributed by atoms with Crippen molar-refractivity contribution in [1.29, 1.82) is 0 Å². The summed E-state index contributed by atoms with van der Waals surface area (Å²) in [5.41, 5.74) is 6.74. The SMILES string of the molecule is COc1ccc(C(C([NH])=O)S(=O)(=O)[O-])cc1OC.[Na+]. The second kappa shape index (κ2) is 7.11. The van der Waals surface area contributed by atoms with Crippen LogP contribution in [0, 0.1) is 0 Å². The van der Waals surface area contributed by atoms with E-state index in [9.17, 15) is 17.8 Å². The quantitative estimate of drug-likeness (QED) is 0.425. The summed E-state index contributed by atoms with van der Waals surface area (Å²) in [5.74, 6) is -0.997. The standard InChI is InChI=1S/C10H12NO6S.Na/c1-16-7-4-3-6(5-8(7)17-2)9(10(11)12)18(13,14)15;/h3-5,9,11H,1-2H3,(H,13,14,15);/q;+1/p-1. The van der Waals surface area contributed by atoms with Crippen LogP contribution in [0.25, 0.3) is 0 Å². The van der Waals surface area contributed by atoms with Crippen LogP contribution in [0.15, 0.2) is 18.2 Å². The molecule has 19 heavy (non-hydrogen) atoms. The number of hydrogen-bond donors (Lipinski definition) is 0. The molecular formula is C10H11NNaO6S. The van der Waals surface area contributed by atoms with E-state index in [0.29, 0.717) is 5.75 Å². The van der Waals surface area contributed by atoms with Gasteiger partial charge in [0.05, 0.1) is 14.2 Å². The predicted octanol–water partition coefficient (Wildman–Crippen LogP) is -2.90. The van der Waals surface area contributed by atoms with Gasteiger partial charge < -0.3 is 14.0 Å². The predicted molar refractivity (Wildman–Crippen MR) is 60.1 cm³/mol. The van der Waals surface area contributed by atoms with E-state index in [0.717, 1.165) is 0 Å². The number of ether oxygens (including phenoxy) is 2. The first-order chi connectivity index (χ1) is 8.31. The zero-order valence-corrected chi connectivity index (χ0v) is 13.5. The molecule has 0 spiro atoms. The van der Waals surface area contributed by atoms with Crippen LogP contribution >= 0.6 is 0 Å². The van der Waals surface area contributed by atoms with Crippen molar-refractivity contribution >= 4 is 16.0 Å². The molecule has 0 aromatic heterocycles. The van der Waals surface area contributed by atoms with E-state index in [-0.39, 0.29) is 40.9 Å². The molecule has 0 fully saturated rings. The summed E-state index contributed by atoms with van der Waals surface area (Å²) >= 11 is 0. The third-order valence-corrected chi connectivity index (χ3v) is 3.30. The molecular weight excluding hydrogens is 285 g/mol. The fourth-order valence-corrected chi connectivity index (χ4v) is 2.21. The molecule has 1 radical (unpaired) electrons. The van der Waals surface area contributed by atoms with E-state index >= 15 is 0 Å². The molecule has 0 bridgehead atoms. The first-order valence-electron chi connectivity index (χ1n) is 4.73. The first-order valence-corrected chi connectivity index (χ1v) is 6.20. The molecule has 0 aliphatic heterocycles. The monoisotopic (exact) mass is 296 g/mol. The maximum Gasteiger partial charge on any atom is 1.00 e. The maximum absolute atomic E-state index is 11.0. The number of nitrogens with one attached hydrogen (secondary N) is 1. The van der Waals surface area contributed by atoms with Crippen LogP contribution in [0.4, 0.5) is 0 Å². The summed E-state index contributed by atoms with van der Waals surface area (Å²) < 4.78 is 42.7. The molecule has 1 aromatic carbocycles. The van der Waals surface area contributed by atoms with Gasteiger partial charge in [-0.15, -0.1) is 0 Å². The third kappa shape index (κ3) is 4.36. The summed E-state index contributed by atoms with van der Waals surface area (Å²) in [6, 6.07) is 3.77. The second-order valence-corrected chi connectivity index (χ2v) is 4.81. The van der Waals surface area contributed by atoms with Crippen LogP contribution in [0.3, 0.4) is 0 Å². The van der Waals surface area contributed by atoms with Crippen molar-refractivity contribution in [2.24, 2.45) is 0 Å². The van der Waals surface area contributed by atoms with Gasteiger partial charge in [-0.05, 0) is 17.7 Å². The van der Waals surface area contributed by atoms with Crippen LogP contribution in [0.1, 0.15) is 10.8 Å². The van der Waals surface area contributed by atoms with Gasteiger partial charge in [0, 0.05) is 0 Å². The molecule has 0 aliphatic rings. The van der Waals surface area contributed by atoms with Gasteiger partial charge in [0.15, 0.2) is 16.7 Å². The van der Waals surface area contributed by atoms with Gasteiger partial charge in [-0.3, -0.25) is 10.5 Å². The van der Waals surface area contributed by atoms with Crippen molar-refractivity contribution in [1.82, 2.24) is 5.73 Å². The van der Waals surface area contributed by atoms with Gasteiger partial charge in [-0.1, -0.05) is 6.07 Å². The molecule has 7 nitrogen and oxygen atoms in total. The normalized spacial score (nSPS) is 12.2. The molecule has 1 atom stereocenters. The Bertz CT molecular complexity index is 559. The Balaban J connectivity index is 0.00000324. The van der Waals surface area contributed by atoms with E-state index in [4.69, 9.17) is 15.2 Å². The topological polar surface area (TPSA) is 117 Å². The number of amides is 1. The van der Waals surface area contributed by atoms with E-state index in [2.05, 4.69) is 0 Å². The summed E-state index contributed by atoms with van der Waals surface area (Å²) in [6.07, 6.45) is 0. The Hall–Kier alpha value is -0.800. The molecule has 0 aliphatic carbocycles. The molecule has 1 unspecified atom stereocenters. The number of hydrogen-bond acceptors (Lipinski definition) is 6. The van der Waals surface area contributed by atoms with Gasteiger partial charge in [0.25, 0.3) is 5.91 Å². The summed E-state index contributed by atoms with van der Waals surface area (Å²) in [5, 5.41) is -2.06. The van der Waals surface area contributed by atoms with Crippen molar-refractivity contribution in [3.8, 4) is 11.5 Å². The Labute approximate surface area is 133 Å². The smallest absolute Gasteiger partial charge is 0.747 e. The van der Waals surface area contributed by atoms with E-state index in [1.165, 1.54) is 32.4 Å². The van der Waals surface area contributed by atoms with Gasteiger partial charge in [0.2, 0.25) is 0 Å². The Morgan fingerprint density at radius 2 is 1.79 bits per heavy atom. The van der Waals surface area contributed by atoms with Crippen molar-refractivity contribution in [3.05, 3.63) is 23.8 Å². The third-order valence-electron chi connectivity index (χ3n) is 2.24. The van der Waals surface area contributed by atoms with E-state index in [1.807, 2.05) is 0 Å². The molecule has 1 N–H and O–H groups in total. The molecule has 99 valence electrons. The Morgan fingerprint density at radius 3 is 2.16 bits per heavy atom. The molecule has 1 amide bonds. The minimum absolute atomic E-state index is 0. The van der Waals surface area contributed by atoms with Crippen LogP contribution in [0.5, 0.6) is 11.5 Å². The molecule has 9 heteroatoms. The van der Waals surface area contributed by atoms with Crippen LogP contribution in [-0.4, -0.2) is 33.1 Å². The molecule has 0 saturated heterocycles. The van der Waals surface area contributed by atoms with Crippen molar-refractivity contribution in [3.63, 3.8) is 0 Å². The molecule has 0 heterocycles. The minimum Gasteiger partial charge on any atom is -0.747 e. The second-order valence-electron chi connectivity index (χ2n) is 3.35. The van der Waals surface area contributed by atoms with E-state index < -0.39 is 21.3 Å². The molecule has 1 aromatic rings. The number of benzene rings is 1. The maximum atomic E-state index is 11.0. The fraction of sp³-hybridized carbons (Fsp3) is 0.300. The van der Waals surface area contributed by atoms with Gasteiger partial charge in [-0.25, -0.2) is 8.42 Å². The van der Waals surface area contributed by atoms with Gasteiger partial charge in [0.1, 0.15) is 10.1 Å². The molecule has 0 saturated carbocycles. The summed E-state index contributed by atoms with van der Waals surface area (Å²) in [6.45, 7) is 0.